The zero-order chi connectivity index (χ0) is 21.6. The van der Waals surface area contributed by atoms with Crippen LogP contribution < -0.4 is 0 Å². The molecule has 0 aliphatic rings. The molecule has 0 saturated heterocycles. The molecule has 3 N–H and O–H groups in total. The van der Waals surface area contributed by atoms with Gasteiger partial charge >= 0.3 is 0 Å². The first-order valence-corrected chi connectivity index (χ1v) is 10.8. The van der Waals surface area contributed by atoms with Crippen molar-refractivity contribution >= 4 is 56.5 Å². The third-order valence-electron chi connectivity index (χ3n) is 4.40. The van der Waals surface area contributed by atoms with Gasteiger partial charge in [-0.05, 0) is 30.3 Å². The van der Waals surface area contributed by atoms with Crippen molar-refractivity contribution in [1.29, 1.82) is 0 Å². The molecule has 0 radical (unpaired) electrons. The Kier molecular flexibility index (Phi) is 5.98. The molecule has 0 fully saturated rings. The monoisotopic (exact) mass is 492 g/mol. The van der Waals surface area contributed by atoms with Crippen LogP contribution in [0.4, 0.5) is 0 Å². The molecule has 0 aromatic heterocycles. The average molecular weight is 494 g/mol. The molecule has 0 aliphatic heterocycles. The number of hydrogen-bond acceptors (Lipinski definition) is 4. The Balaban J connectivity index is 2.66. The van der Waals surface area contributed by atoms with Gasteiger partial charge in [-0.1, -0.05) is 64.6 Å². The van der Waals surface area contributed by atoms with Gasteiger partial charge in [-0.3, -0.25) is 4.55 Å². The van der Waals surface area contributed by atoms with Crippen LogP contribution in [0.15, 0.2) is 54.6 Å². The number of aromatic hydroxyl groups is 2. The summed E-state index contributed by atoms with van der Waals surface area (Å²) in [6.07, 6.45) is 0. The van der Waals surface area contributed by atoms with Crippen LogP contribution in [0, 0.1) is 0 Å². The number of halogens is 4. The van der Waals surface area contributed by atoms with E-state index in [1.165, 1.54) is 24.3 Å². The Bertz CT molecular complexity index is 1210. The van der Waals surface area contributed by atoms with Crippen LogP contribution in [-0.2, 0) is 14.9 Å². The molecule has 10 heteroatoms. The molecule has 1 unspecified atom stereocenters. The lowest BCUT2D eigenvalue weighted by Gasteiger charge is -2.34. The van der Waals surface area contributed by atoms with E-state index >= 15 is 0 Å². The number of rotatable bonds is 4. The molecule has 3 aromatic rings. The largest absolute Gasteiger partial charge is 0.508 e. The molecule has 3 aromatic carbocycles. The maximum atomic E-state index is 13.0. The number of hydrogen-bond donors (Lipinski definition) is 3. The van der Waals surface area contributed by atoms with Crippen LogP contribution in [-0.4, -0.2) is 23.2 Å². The standard InChI is InChI=1S/C19H12Cl4O5S/c20-10-5-6-17(24)12(7-10)19(29(26,27)28,11-3-1-2-4-14(11)21)13-8-15(22)16(23)9-18(13)25/h1-9,24-25H,(H,26,27,28). The fourth-order valence-electron chi connectivity index (χ4n) is 3.21. The van der Waals surface area contributed by atoms with E-state index in [9.17, 15) is 23.2 Å². The lowest BCUT2D eigenvalue weighted by Crippen LogP contribution is -2.38. The normalized spacial score (nSPS) is 13.8. The SMILES string of the molecule is O=S(=O)(O)C(c1cc(Cl)ccc1O)(c1cc(Cl)c(Cl)cc1O)c1ccccc1Cl. The smallest absolute Gasteiger partial charge is 0.283 e. The Morgan fingerprint density at radius 1 is 0.690 bits per heavy atom. The zero-order valence-corrected chi connectivity index (χ0v) is 18.1. The van der Waals surface area contributed by atoms with Crippen LogP contribution in [0.1, 0.15) is 16.7 Å². The summed E-state index contributed by atoms with van der Waals surface area (Å²) >= 11 is 24.4. The third-order valence-corrected chi connectivity index (χ3v) is 7.12. The molecule has 0 heterocycles. The van der Waals surface area contributed by atoms with E-state index in [1.807, 2.05) is 0 Å². The van der Waals surface area contributed by atoms with Gasteiger partial charge in [0.15, 0.2) is 4.75 Å². The van der Waals surface area contributed by atoms with Crippen LogP contribution in [0.5, 0.6) is 11.5 Å². The van der Waals surface area contributed by atoms with Gasteiger partial charge in [0, 0.05) is 32.8 Å². The maximum Gasteiger partial charge on any atom is 0.283 e. The predicted octanol–water partition coefficient (Wildman–Crippen LogP) is 5.89. The van der Waals surface area contributed by atoms with Crippen molar-refractivity contribution in [2.75, 3.05) is 0 Å². The van der Waals surface area contributed by atoms with E-state index in [0.717, 1.165) is 24.3 Å². The van der Waals surface area contributed by atoms with Gasteiger partial charge in [-0.25, -0.2) is 0 Å². The second-order valence-corrected chi connectivity index (χ2v) is 9.30. The van der Waals surface area contributed by atoms with Crippen LogP contribution >= 0.6 is 46.4 Å². The van der Waals surface area contributed by atoms with Gasteiger partial charge in [0.2, 0.25) is 0 Å². The summed E-state index contributed by atoms with van der Waals surface area (Å²) in [4.78, 5) is 0. The molecule has 0 aliphatic carbocycles. The van der Waals surface area contributed by atoms with Crippen molar-refractivity contribution in [1.82, 2.24) is 0 Å². The lowest BCUT2D eigenvalue weighted by molar-refractivity contribution is 0.428. The van der Waals surface area contributed by atoms with Gasteiger partial charge in [0.05, 0.1) is 10.0 Å². The van der Waals surface area contributed by atoms with Crippen molar-refractivity contribution in [2.24, 2.45) is 0 Å². The van der Waals surface area contributed by atoms with Crippen molar-refractivity contribution < 1.29 is 23.2 Å². The summed E-state index contributed by atoms with van der Waals surface area (Å²) in [5.74, 6) is -1.12. The molecule has 0 spiro atoms. The third kappa shape index (κ3) is 3.65. The highest BCUT2D eigenvalue weighted by molar-refractivity contribution is 7.87. The quantitative estimate of drug-likeness (QED) is 0.311. The zero-order valence-electron chi connectivity index (χ0n) is 14.3. The maximum absolute atomic E-state index is 13.0. The van der Waals surface area contributed by atoms with Crippen molar-refractivity contribution in [3.8, 4) is 11.5 Å². The summed E-state index contributed by atoms with van der Waals surface area (Å²) in [6.45, 7) is 0. The van der Waals surface area contributed by atoms with Crippen molar-refractivity contribution in [3.63, 3.8) is 0 Å². The minimum absolute atomic E-state index is 0.0494. The second kappa shape index (κ2) is 7.87. The molecule has 1 atom stereocenters. The Hall–Kier alpha value is -1.67. The average Bonchev–Trinajstić information content (AvgIpc) is 2.63. The minimum atomic E-state index is -5.16. The lowest BCUT2D eigenvalue weighted by atomic mass is 9.83. The number of benzene rings is 3. The van der Waals surface area contributed by atoms with Gasteiger partial charge < -0.3 is 10.2 Å². The van der Waals surface area contributed by atoms with Crippen LogP contribution in [0.2, 0.25) is 20.1 Å². The van der Waals surface area contributed by atoms with Gasteiger partial charge in [-0.2, -0.15) is 8.42 Å². The molecular formula is C19H12Cl4O5S. The van der Waals surface area contributed by atoms with Gasteiger partial charge in [0.1, 0.15) is 11.5 Å². The van der Waals surface area contributed by atoms with E-state index < -0.39 is 26.4 Å². The molecule has 0 bridgehead atoms. The van der Waals surface area contributed by atoms with E-state index in [-0.39, 0.29) is 36.8 Å². The summed E-state index contributed by atoms with van der Waals surface area (Å²) in [7, 11) is -5.16. The number of phenols is 2. The van der Waals surface area contributed by atoms with E-state index in [1.54, 1.807) is 6.07 Å². The molecule has 29 heavy (non-hydrogen) atoms. The molecule has 152 valence electrons. The first-order valence-electron chi connectivity index (χ1n) is 7.89. The highest BCUT2D eigenvalue weighted by Crippen LogP contribution is 2.52. The highest BCUT2D eigenvalue weighted by atomic mass is 35.5. The fourth-order valence-corrected chi connectivity index (χ4v) is 5.37. The molecule has 0 saturated carbocycles. The summed E-state index contributed by atoms with van der Waals surface area (Å²) < 4.78 is 33.9. The number of phenolic OH excluding ortho intramolecular Hbond substituents is 2. The van der Waals surface area contributed by atoms with E-state index in [4.69, 9.17) is 46.4 Å². The van der Waals surface area contributed by atoms with E-state index in [2.05, 4.69) is 0 Å². The first-order chi connectivity index (χ1) is 13.5. The fraction of sp³-hybridized carbons (Fsp3) is 0.0526. The summed E-state index contributed by atoms with van der Waals surface area (Å²) in [6, 6.07) is 11.5. The van der Waals surface area contributed by atoms with Crippen LogP contribution in [0.25, 0.3) is 0 Å². The molecule has 3 rings (SSSR count). The molecular weight excluding hydrogens is 482 g/mol. The van der Waals surface area contributed by atoms with Crippen LogP contribution in [0.3, 0.4) is 0 Å². The topological polar surface area (TPSA) is 94.8 Å². The molecule has 0 amide bonds. The summed E-state index contributed by atoms with van der Waals surface area (Å²) in [5.41, 5.74) is -0.857. The van der Waals surface area contributed by atoms with Crippen molar-refractivity contribution in [3.05, 3.63) is 91.4 Å². The molecule has 5 nitrogen and oxygen atoms in total. The summed E-state index contributed by atoms with van der Waals surface area (Å²) in [5, 5.41) is 21.0. The Morgan fingerprint density at radius 3 is 1.90 bits per heavy atom. The van der Waals surface area contributed by atoms with Crippen molar-refractivity contribution in [2.45, 2.75) is 4.75 Å². The van der Waals surface area contributed by atoms with Gasteiger partial charge in [0.25, 0.3) is 10.1 Å². The first kappa shape index (κ1) is 22.0. The highest BCUT2D eigenvalue weighted by Gasteiger charge is 2.53. The second-order valence-electron chi connectivity index (χ2n) is 6.08. The van der Waals surface area contributed by atoms with Gasteiger partial charge in [-0.15, -0.1) is 0 Å². The Morgan fingerprint density at radius 2 is 1.28 bits per heavy atom. The predicted molar refractivity (Wildman–Crippen MR) is 114 cm³/mol. The minimum Gasteiger partial charge on any atom is -0.508 e. The van der Waals surface area contributed by atoms with E-state index in [0.29, 0.717) is 0 Å². The Labute approximate surface area is 186 Å².